The first kappa shape index (κ1) is 19.1. The van der Waals surface area contributed by atoms with Crippen LogP contribution in [-0.4, -0.2) is 17.6 Å². The molecule has 0 aliphatic carbocycles. The number of hydrogen-bond donors (Lipinski definition) is 1. The van der Waals surface area contributed by atoms with Gasteiger partial charge in [0.2, 0.25) is 0 Å². The van der Waals surface area contributed by atoms with Crippen LogP contribution in [0.4, 0.5) is 0 Å². The average Bonchev–Trinajstić information content (AvgIpc) is 3.00. The van der Waals surface area contributed by atoms with E-state index in [1.807, 2.05) is 60.7 Å². The van der Waals surface area contributed by atoms with Gasteiger partial charge in [-0.15, -0.1) is 11.3 Å². The standard InChI is InChI=1S/C21H19NO3S2/c1-2-24-20(23)13-18-19(27-21(26)22-18)12-16-9-6-10-17(11-16)25-14-15-7-4-3-5-8-15/h3-13H,2,14H2,1H3,(H,22,26)/b18-13-,19-12-. The van der Waals surface area contributed by atoms with Gasteiger partial charge in [-0.3, -0.25) is 0 Å². The summed E-state index contributed by atoms with van der Waals surface area (Å²) >= 11 is 6.63. The fourth-order valence-electron chi connectivity index (χ4n) is 2.45. The number of thiazole rings is 1. The van der Waals surface area contributed by atoms with Gasteiger partial charge in [0.1, 0.15) is 12.4 Å². The van der Waals surface area contributed by atoms with Crippen LogP contribution in [0.3, 0.4) is 0 Å². The molecular weight excluding hydrogens is 378 g/mol. The third kappa shape index (κ3) is 5.64. The van der Waals surface area contributed by atoms with Crippen LogP contribution in [0.1, 0.15) is 18.1 Å². The molecule has 0 amide bonds. The fraction of sp³-hybridized carbons (Fsp3) is 0.143. The minimum Gasteiger partial charge on any atom is -0.489 e. The van der Waals surface area contributed by atoms with Crippen LogP contribution in [0, 0.1) is 3.95 Å². The van der Waals surface area contributed by atoms with Crippen LogP contribution in [0.2, 0.25) is 0 Å². The minimum atomic E-state index is -0.392. The van der Waals surface area contributed by atoms with E-state index in [4.69, 9.17) is 21.7 Å². The maximum Gasteiger partial charge on any atom is 0.332 e. The second kappa shape index (κ2) is 9.30. The van der Waals surface area contributed by atoms with Crippen molar-refractivity contribution < 1.29 is 14.3 Å². The number of H-pyrrole nitrogens is 1. The second-order valence-corrected chi connectivity index (χ2v) is 7.40. The summed E-state index contributed by atoms with van der Waals surface area (Å²) in [6.45, 7) is 2.62. The second-order valence-electron chi connectivity index (χ2n) is 5.68. The number of esters is 1. The van der Waals surface area contributed by atoms with Crippen molar-refractivity contribution in [3.8, 4) is 5.75 Å². The summed E-state index contributed by atoms with van der Waals surface area (Å²) in [6, 6.07) is 17.8. The number of aromatic amines is 1. The van der Waals surface area contributed by atoms with E-state index in [-0.39, 0.29) is 0 Å². The number of carbonyl (C=O) groups excluding carboxylic acids is 1. The molecule has 1 heterocycles. The van der Waals surface area contributed by atoms with Gasteiger partial charge in [0, 0.05) is 6.08 Å². The van der Waals surface area contributed by atoms with E-state index in [2.05, 4.69) is 4.98 Å². The summed E-state index contributed by atoms with van der Waals surface area (Å²) in [6.07, 6.45) is 3.40. The first-order valence-corrected chi connectivity index (χ1v) is 9.72. The number of benzene rings is 2. The quantitative estimate of drug-likeness (QED) is 0.510. The average molecular weight is 398 g/mol. The molecule has 3 rings (SSSR count). The van der Waals surface area contributed by atoms with E-state index in [1.54, 1.807) is 6.92 Å². The molecule has 6 heteroatoms. The zero-order valence-electron chi connectivity index (χ0n) is 14.8. The van der Waals surface area contributed by atoms with Gasteiger partial charge in [-0.2, -0.15) is 0 Å². The maximum absolute atomic E-state index is 11.7. The van der Waals surface area contributed by atoms with E-state index in [9.17, 15) is 4.79 Å². The Morgan fingerprint density at radius 1 is 1.19 bits per heavy atom. The van der Waals surface area contributed by atoms with E-state index in [1.165, 1.54) is 17.4 Å². The summed E-state index contributed by atoms with van der Waals surface area (Å²) in [5.41, 5.74) is 2.08. The van der Waals surface area contributed by atoms with Crippen molar-refractivity contribution in [2.45, 2.75) is 13.5 Å². The van der Waals surface area contributed by atoms with Crippen molar-refractivity contribution in [2.75, 3.05) is 6.61 Å². The number of aromatic nitrogens is 1. The highest BCUT2D eigenvalue weighted by molar-refractivity contribution is 7.73. The molecule has 0 saturated heterocycles. The summed E-state index contributed by atoms with van der Waals surface area (Å²) in [5, 5.41) is 0.652. The Hall–Kier alpha value is -2.70. The lowest BCUT2D eigenvalue weighted by Gasteiger charge is -2.06. The Bertz CT molecular complexity index is 1080. The minimum absolute atomic E-state index is 0.333. The Kier molecular flexibility index (Phi) is 6.57. The maximum atomic E-state index is 11.7. The zero-order chi connectivity index (χ0) is 19.1. The summed E-state index contributed by atoms with van der Waals surface area (Å²) in [4.78, 5) is 14.8. The SMILES string of the molecule is CCOC(=O)/C=c1\[nH]c(=S)s\c1=C/c1cccc(OCc2ccccc2)c1. The highest BCUT2D eigenvalue weighted by atomic mass is 32.1. The normalized spacial score (nSPS) is 12.2. The van der Waals surface area contributed by atoms with E-state index >= 15 is 0 Å². The van der Waals surface area contributed by atoms with Crippen LogP contribution in [0.25, 0.3) is 12.2 Å². The molecule has 1 aromatic heterocycles. The fourth-order valence-corrected chi connectivity index (χ4v) is 3.61. The highest BCUT2D eigenvalue weighted by Gasteiger charge is 2.00. The Morgan fingerprint density at radius 3 is 2.78 bits per heavy atom. The van der Waals surface area contributed by atoms with Crippen molar-refractivity contribution in [1.29, 1.82) is 0 Å². The molecule has 0 radical (unpaired) electrons. The van der Waals surface area contributed by atoms with Crippen molar-refractivity contribution in [3.63, 3.8) is 0 Å². The first-order valence-electron chi connectivity index (χ1n) is 8.50. The predicted octanol–water partition coefficient (Wildman–Crippen LogP) is 3.56. The molecule has 0 saturated carbocycles. The lowest BCUT2D eigenvalue weighted by molar-refractivity contribution is -0.135. The number of nitrogens with one attached hydrogen (secondary N) is 1. The number of ether oxygens (including phenoxy) is 2. The van der Waals surface area contributed by atoms with Crippen LogP contribution < -0.4 is 14.6 Å². The molecule has 0 spiro atoms. The largest absolute Gasteiger partial charge is 0.489 e. The van der Waals surface area contributed by atoms with Gasteiger partial charge in [-0.1, -0.05) is 42.5 Å². The Morgan fingerprint density at radius 2 is 2.00 bits per heavy atom. The Labute approximate surface area is 166 Å². The van der Waals surface area contributed by atoms with Gasteiger partial charge >= 0.3 is 5.97 Å². The van der Waals surface area contributed by atoms with Crippen molar-refractivity contribution >= 4 is 41.7 Å². The highest BCUT2D eigenvalue weighted by Crippen LogP contribution is 2.15. The third-order valence-electron chi connectivity index (χ3n) is 3.66. The van der Waals surface area contributed by atoms with Gasteiger partial charge in [0.15, 0.2) is 3.95 Å². The first-order chi connectivity index (χ1) is 13.1. The van der Waals surface area contributed by atoms with Crippen molar-refractivity contribution in [1.82, 2.24) is 4.98 Å². The van der Waals surface area contributed by atoms with Gasteiger partial charge in [0.05, 0.1) is 16.5 Å². The molecular formula is C21H19NO3S2. The third-order valence-corrected chi connectivity index (χ3v) is 4.86. The number of hydrogen-bond acceptors (Lipinski definition) is 5. The molecule has 0 bridgehead atoms. The predicted molar refractivity (Wildman–Crippen MR) is 111 cm³/mol. The molecule has 3 aromatic rings. The smallest absolute Gasteiger partial charge is 0.332 e. The molecule has 0 aliphatic rings. The van der Waals surface area contributed by atoms with Gasteiger partial charge < -0.3 is 14.5 Å². The number of carbonyl (C=O) groups is 1. The molecule has 1 N–H and O–H groups in total. The van der Waals surface area contributed by atoms with E-state index < -0.39 is 5.97 Å². The molecule has 2 aromatic carbocycles. The van der Waals surface area contributed by atoms with Gasteiger partial charge in [0.25, 0.3) is 0 Å². The lowest BCUT2D eigenvalue weighted by atomic mass is 10.2. The van der Waals surface area contributed by atoms with E-state index in [0.717, 1.165) is 21.4 Å². The molecule has 138 valence electrons. The number of rotatable bonds is 6. The molecule has 0 unspecified atom stereocenters. The monoisotopic (exact) mass is 397 g/mol. The van der Waals surface area contributed by atoms with E-state index in [0.29, 0.717) is 22.5 Å². The van der Waals surface area contributed by atoms with Gasteiger partial charge in [-0.05, 0) is 48.5 Å². The van der Waals surface area contributed by atoms with Crippen molar-refractivity contribution in [3.05, 3.63) is 79.6 Å². The van der Waals surface area contributed by atoms with Crippen LogP contribution in [0.5, 0.6) is 5.75 Å². The molecule has 0 fully saturated rings. The van der Waals surface area contributed by atoms with Crippen molar-refractivity contribution in [2.24, 2.45) is 0 Å². The summed E-state index contributed by atoms with van der Waals surface area (Å²) < 4.78 is 12.3. The summed E-state index contributed by atoms with van der Waals surface area (Å²) in [5.74, 6) is 0.388. The summed E-state index contributed by atoms with van der Waals surface area (Å²) in [7, 11) is 0. The van der Waals surface area contributed by atoms with Crippen LogP contribution >= 0.6 is 23.6 Å². The topological polar surface area (TPSA) is 51.3 Å². The van der Waals surface area contributed by atoms with Crippen LogP contribution in [-0.2, 0) is 16.1 Å². The van der Waals surface area contributed by atoms with Crippen LogP contribution in [0.15, 0.2) is 54.6 Å². The Balaban J connectivity index is 1.86. The molecule has 27 heavy (non-hydrogen) atoms. The lowest BCUT2D eigenvalue weighted by Crippen LogP contribution is -2.23. The molecule has 0 aliphatic heterocycles. The molecule has 0 atom stereocenters. The zero-order valence-corrected chi connectivity index (χ0v) is 16.4. The van der Waals surface area contributed by atoms with Gasteiger partial charge in [-0.25, -0.2) is 4.79 Å². The molecule has 4 nitrogen and oxygen atoms in total.